The largest absolute Gasteiger partial charge is 0.456 e. The third-order valence-electron chi connectivity index (χ3n) is 21.0. The van der Waals surface area contributed by atoms with Gasteiger partial charge < -0.3 is 27.0 Å². The molecule has 22 aromatic rings. The first-order valence-corrected chi connectivity index (χ1v) is 34.6. The minimum Gasteiger partial charge on any atom is -0.456 e. The second-order valence-electron chi connectivity index (χ2n) is 26.7. The van der Waals surface area contributed by atoms with Crippen LogP contribution in [-0.2, 0) is 0 Å². The van der Waals surface area contributed by atoms with Crippen LogP contribution in [0.15, 0.2) is 347 Å². The molecule has 474 valence electrons. The molecule has 0 aliphatic heterocycles. The smallest absolute Gasteiger partial charge is 0.160 e. The van der Waals surface area contributed by atoms with Crippen molar-refractivity contribution < 1.29 is 13.3 Å². The lowest BCUT2D eigenvalue weighted by molar-refractivity contribution is 0.668. The van der Waals surface area contributed by atoms with Crippen molar-refractivity contribution in [1.82, 2.24) is 23.7 Å². The van der Waals surface area contributed by atoms with E-state index in [1.54, 1.807) is 0 Å². The summed E-state index contributed by atoms with van der Waals surface area (Å²) in [5.74, 6) is 0.606. The summed E-state index contributed by atoms with van der Waals surface area (Å²) in [6.07, 6.45) is 0. The lowest BCUT2D eigenvalue weighted by Crippen LogP contribution is -2.00. The minimum absolute atomic E-state index is 0.606. The Balaban J connectivity index is 0.716. The van der Waals surface area contributed by atoms with Crippen LogP contribution < -0.4 is 0 Å². The summed E-state index contributed by atoms with van der Waals surface area (Å²) in [7, 11) is 0. The Bertz CT molecular complexity index is 6590. The molecule has 0 saturated carbocycles. The summed E-state index contributed by atoms with van der Waals surface area (Å²) in [4.78, 5) is 11.3. The Morgan fingerprint density at radius 1 is 0.196 bits per heavy atom. The Morgan fingerprint density at radius 3 is 0.863 bits per heavy atom. The van der Waals surface area contributed by atoms with Gasteiger partial charge in [-0.05, 0) is 167 Å². The van der Waals surface area contributed by atoms with Crippen molar-refractivity contribution in [2.75, 3.05) is 0 Å². The third kappa shape index (κ3) is 8.50. The monoisotopic (exact) mass is 1300 g/mol. The van der Waals surface area contributed by atoms with Gasteiger partial charge in [-0.15, -0.1) is 0 Å². The van der Waals surface area contributed by atoms with E-state index in [2.05, 4.69) is 311 Å². The highest BCUT2D eigenvalue weighted by atomic mass is 16.3. The second-order valence-corrected chi connectivity index (χ2v) is 26.7. The van der Waals surface area contributed by atoms with Gasteiger partial charge in [0.05, 0.1) is 44.5 Å². The maximum absolute atomic E-state index is 6.32. The predicted octanol–water partition coefficient (Wildman–Crippen LogP) is 25.5. The normalized spacial score (nSPS) is 12.1. The van der Waals surface area contributed by atoms with Gasteiger partial charge in [-0.1, -0.05) is 200 Å². The molecule has 0 N–H and O–H groups in total. The molecule has 0 aliphatic carbocycles. The zero-order chi connectivity index (χ0) is 66.7. The molecule has 7 aromatic heterocycles. The van der Waals surface area contributed by atoms with Gasteiger partial charge in [0, 0.05) is 98.4 Å². The topological polar surface area (TPSA) is 80.0 Å². The molecule has 8 heteroatoms. The summed E-state index contributed by atoms with van der Waals surface area (Å²) < 4.78 is 26.2. The van der Waals surface area contributed by atoms with Crippen molar-refractivity contribution in [3.05, 3.63) is 334 Å². The van der Waals surface area contributed by atoms with Gasteiger partial charge in [-0.25, -0.2) is 9.97 Å². The molecule has 0 radical (unpaired) electrons. The zero-order valence-electron chi connectivity index (χ0n) is 54.7. The minimum atomic E-state index is 0.606. The number of benzene rings is 15. The van der Waals surface area contributed by atoms with E-state index in [4.69, 9.17) is 23.2 Å². The van der Waals surface area contributed by atoms with Gasteiger partial charge >= 0.3 is 0 Å². The average molecular weight is 1300 g/mol. The fourth-order valence-corrected chi connectivity index (χ4v) is 16.6. The number of aromatic nitrogens is 5. The van der Waals surface area contributed by atoms with Crippen molar-refractivity contribution in [2.24, 2.45) is 0 Å². The number of nitrogens with zero attached hydrogens (tertiary/aromatic N) is 5. The van der Waals surface area contributed by atoms with Gasteiger partial charge in [0.15, 0.2) is 5.82 Å². The van der Waals surface area contributed by atoms with Gasteiger partial charge in [-0.2, -0.15) is 0 Å². The molecule has 7 heterocycles. The first-order chi connectivity index (χ1) is 50.5. The van der Waals surface area contributed by atoms with E-state index < -0.39 is 0 Å². The lowest BCUT2D eigenvalue weighted by atomic mass is 9.98. The number of hydrogen-bond acceptors (Lipinski definition) is 5. The third-order valence-corrected chi connectivity index (χ3v) is 21.0. The van der Waals surface area contributed by atoms with Crippen LogP contribution >= 0.6 is 0 Å². The van der Waals surface area contributed by atoms with Crippen molar-refractivity contribution in [3.63, 3.8) is 0 Å². The van der Waals surface area contributed by atoms with Crippen LogP contribution in [0.25, 0.3) is 216 Å². The van der Waals surface area contributed by atoms with Crippen LogP contribution in [0.3, 0.4) is 0 Å². The first kappa shape index (κ1) is 56.2. The van der Waals surface area contributed by atoms with Crippen LogP contribution in [-0.4, -0.2) is 23.7 Å². The van der Waals surface area contributed by atoms with E-state index in [1.165, 1.54) is 32.3 Å². The molecular weight excluding hydrogens is 1250 g/mol. The molecule has 0 atom stereocenters. The van der Waals surface area contributed by atoms with Gasteiger partial charge in [0.25, 0.3) is 0 Å². The van der Waals surface area contributed by atoms with Crippen molar-refractivity contribution in [1.29, 1.82) is 0 Å². The first-order valence-electron chi connectivity index (χ1n) is 34.6. The van der Waals surface area contributed by atoms with Crippen LogP contribution in [0.5, 0.6) is 0 Å². The summed E-state index contributed by atoms with van der Waals surface area (Å²) in [5.41, 5.74) is 26.2. The van der Waals surface area contributed by atoms with E-state index in [9.17, 15) is 0 Å². The molecule has 8 nitrogen and oxygen atoms in total. The Morgan fingerprint density at radius 2 is 0.490 bits per heavy atom. The van der Waals surface area contributed by atoms with Gasteiger partial charge in [0.2, 0.25) is 0 Å². The fraction of sp³-hybridized carbons (Fsp3) is 0. The molecule has 0 amide bonds. The predicted molar refractivity (Wildman–Crippen MR) is 419 cm³/mol. The van der Waals surface area contributed by atoms with Crippen LogP contribution in [0, 0.1) is 0 Å². The summed E-state index contributed by atoms with van der Waals surface area (Å²) in [5, 5.41) is 13.7. The number of hydrogen-bond donors (Lipinski definition) is 0. The number of para-hydroxylation sites is 6. The summed E-state index contributed by atoms with van der Waals surface area (Å²) >= 11 is 0. The number of fused-ring (bicyclic) bond motifs is 18. The van der Waals surface area contributed by atoms with E-state index in [1.807, 2.05) is 36.4 Å². The quantitative estimate of drug-likeness (QED) is 0.144. The molecule has 22 rings (SSSR count). The van der Waals surface area contributed by atoms with Crippen molar-refractivity contribution in [3.8, 4) is 84.3 Å². The Hall–Kier alpha value is -13.8. The highest BCUT2D eigenvalue weighted by Crippen LogP contribution is 2.46. The molecule has 102 heavy (non-hydrogen) atoms. The Kier molecular flexibility index (Phi) is 12.0. The maximum Gasteiger partial charge on any atom is 0.160 e. The molecule has 0 fully saturated rings. The standard InChI is InChI=1S/C94H55N5O3/c1-7-34-79-71(28-1)91-65(56-43-46-88-74(52-56)68-25-4-10-40-85(68)100-88)31-16-37-82(91)97(79)62-22-13-19-59(49-62)77-55-78(60-20-14-23-63(50-60)98-80-35-8-2-29-72(80)92-66(32-17-38-83(92)98)57-44-47-89-75(53-57)69-26-5-11-41-86(69)101-89)96-94(95-77)61-21-15-24-64(51-61)99-81-36-9-3-30-73(81)93-67(33-18-39-84(93)99)58-45-48-90-76(54-58)70-27-6-12-42-87(70)102-90/h1-55H. The highest BCUT2D eigenvalue weighted by Gasteiger charge is 2.24. The second kappa shape index (κ2) is 21.8. The fourth-order valence-electron chi connectivity index (χ4n) is 16.6. The number of rotatable bonds is 9. The molecule has 0 spiro atoms. The van der Waals surface area contributed by atoms with Crippen molar-refractivity contribution >= 4 is 131 Å². The molecule has 0 aliphatic rings. The SMILES string of the molecule is c1cc(-c2cc(-c3cccc(-n4c5ccccc5c5c(-c6ccc7oc8ccccc8c7c6)cccc54)c3)nc(-c3cccc(-n4c5ccccc5c5c(-c6ccc7oc8ccccc8c7c6)cccc54)c3)n2)cc(-n2c3ccccc3c3c(-c4ccc5oc6ccccc6c5c4)cccc32)c1. The molecule has 15 aromatic carbocycles. The summed E-state index contributed by atoms with van der Waals surface area (Å²) in [6.45, 7) is 0. The van der Waals surface area contributed by atoms with E-state index in [0.717, 1.165) is 177 Å². The number of furan rings is 3. The Labute approximate surface area is 582 Å². The molecule has 0 unspecified atom stereocenters. The molecule has 0 bridgehead atoms. The van der Waals surface area contributed by atoms with E-state index >= 15 is 0 Å². The molecule has 0 saturated heterocycles. The maximum atomic E-state index is 6.32. The highest BCUT2D eigenvalue weighted by molar-refractivity contribution is 6.20. The van der Waals surface area contributed by atoms with E-state index in [-0.39, 0.29) is 0 Å². The van der Waals surface area contributed by atoms with Crippen molar-refractivity contribution in [2.45, 2.75) is 0 Å². The van der Waals surface area contributed by atoms with E-state index in [0.29, 0.717) is 5.82 Å². The van der Waals surface area contributed by atoms with Gasteiger partial charge in [0.1, 0.15) is 33.5 Å². The average Bonchev–Trinajstić information content (AvgIpc) is 1.58. The van der Waals surface area contributed by atoms with Gasteiger partial charge in [-0.3, -0.25) is 0 Å². The molecular formula is C94H55N5O3. The van der Waals surface area contributed by atoms with Crippen LogP contribution in [0.1, 0.15) is 0 Å². The van der Waals surface area contributed by atoms with Crippen LogP contribution in [0.2, 0.25) is 0 Å². The lowest BCUT2D eigenvalue weighted by Gasteiger charge is -2.14. The summed E-state index contributed by atoms with van der Waals surface area (Å²) in [6, 6.07) is 120. The van der Waals surface area contributed by atoms with Crippen LogP contribution in [0.4, 0.5) is 0 Å². The zero-order valence-corrected chi connectivity index (χ0v) is 54.7.